The van der Waals surface area contributed by atoms with Gasteiger partial charge in [0.1, 0.15) is 18.0 Å². The molecule has 4 heteroatoms. The van der Waals surface area contributed by atoms with Crippen LogP contribution >= 0.6 is 11.6 Å². The minimum absolute atomic E-state index is 0.0553. The van der Waals surface area contributed by atoms with E-state index in [9.17, 15) is 0 Å². The summed E-state index contributed by atoms with van der Waals surface area (Å²) in [7, 11) is 0. The second-order valence-electron chi connectivity index (χ2n) is 5.65. The number of benzene rings is 1. The van der Waals surface area contributed by atoms with E-state index >= 15 is 0 Å². The maximum Gasteiger partial charge on any atom is 0.163 e. The van der Waals surface area contributed by atoms with Gasteiger partial charge in [-0.1, -0.05) is 31.5 Å². The lowest BCUT2D eigenvalue weighted by molar-refractivity contribution is -0.151. The maximum atomic E-state index is 6.04. The fraction of sp³-hybridized carbons (Fsp3) is 0.600. The van der Waals surface area contributed by atoms with Gasteiger partial charge in [-0.2, -0.15) is 0 Å². The Kier molecular flexibility index (Phi) is 4.39. The van der Waals surface area contributed by atoms with Crippen molar-refractivity contribution in [2.45, 2.75) is 45.7 Å². The van der Waals surface area contributed by atoms with Gasteiger partial charge in [0.05, 0.1) is 6.61 Å². The smallest absolute Gasteiger partial charge is 0.163 e. The SMILES string of the molecule is CC(C)[C@@H](Oc1cccc(Cl)c1)[C@H]1COC(C)(C)O1. The minimum atomic E-state index is -0.532. The Labute approximate surface area is 119 Å². The molecule has 0 spiro atoms. The number of ether oxygens (including phenoxy) is 3. The first kappa shape index (κ1) is 14.6. The fourth-order valence-corrected chi connectivity index (χ4v) is 2.40. The van der Waals surface area contributed by atoms with Gasteiger partial charge in [-0.15, -0.1) is 0 Å². The average Bonchev–Trinajstić information content (AvgIpc) is 2.66. The van der Waals surface area contributed by atoms with Crippen molar-refractivity contribution < 1.29 is 14.2 Å². The minimum Gasteiger partial charge on any atom is -0.487 e. The zero-order valence-electron chi connectivity index (χ0n) is 11.9. The van der Waals surface area contributed by atoms with Gasteiger partial charge in [-0.25, -0.2) is 0 Å². The first-order valence-corrected chi connectivity index (χ1v) is 6.99. The van der Waals surface area contributed by atoms with Crippen LogP contribution in [0.25, 0.3) is 0 Å². The van der Waals surface area contributed by atoms with Crippen molar-refractivity contribution in [3.05, 3.63) is 29.3 Å². The highest BCUT2D eigenvalue weighted by molar-refractivity contribution is 6.30. The molecule has 1 fully saturated rings. The Balaban J connectivity index is 2.09. The molecule has 2 atom stereocenters. The first-order valence-electron chi connectivity index (χ1n) is 6.61. The summed E-state index contributed by atoms with van der Waals surface area (Å²) in [5.41, 5.74) is 0. The molecular formula is C15H21ClO3. The normalized spacial score (nSPS) is 23.6. The lowest BCUT2D eigenvalue weighted by Gasteiger charge is -2.28. The number of rotatable bonds is 4. The van der Waals surface area contributed by atoms with Crippen LogP contribution in [-0.2, 0) is 9.47 Å². The zero-order chi connectivity index (χ0) is 14.0. The van der Waals surface area contributed by atoms with Crippen LogP contribution in [0.15, 0.2) is 24.3 Å². The molecule has 1 saturated heterocycles. The van der Waals surface area contributed by atoms with Crippen LogP contribution in [0.1, 0.15) is 27.7 Å². The summed E-state index contributed by atoms with van der Waals surface area (Å²) in [4.78, 5) is 0. The second-order valence-corrected chi connectivity index (χ2v) is 6.09. The third-order valence-corrected chi connectivity index (χ3v) is 3.36. The second kappa shape index (κ2) is 5.70. The van der Waals surface area contributed by atoms with Gasteiger partial charge in [0.25, 0.3) is 0 Å². The molecule has 3 nitrogen and oxygen atoms in total. The van der Waals surface area contributed by atoms with Crippen LogP contribution in [0.5, 0.6) is 5.75 Å². The third kappa shape index (κ3) is 3.85. The molecule has 0 radical (unpaired) electrons. The molecule has 0 N–H and O–H groups in total. The highest BCUT2D eigenvalue weighted by atomic mass is 35.5. The van der Waals surface area contributed by atoms with E-state index in [0.29, 0.717) is 17.5 Å². The lowest BCUT2D eigenvalue weighted by atomic mass is 10.0. The Bertz CT molecular complexity index is 431. The third-order valence-electron chi connectivity index (χ3n) is 3.12. The number of hydrogen-bond donors (Lipinski definition) is 0. The van der Waals surface area contributed by atoms with Crippen molar-refractivity contribution >= 4 is 11.6 Å². The van der Waals surface area contributed by atoms with E-state index in [1.54, 1.807) is 0 Å². The molecule has 1 aromatic carbocycles. The monoisotopic (exact) mass is 284 g/mol. The molecule has 1 aliphatic rings. The van der Waals surface area contributed by atoms with Crippen molar-refractivity contribution in [2.24, 2.45) is 5.92 Å². The topological polar surface area (TPSA) is 27.7 Å². The van der Waals surface area contributed by atoms with Crippen molar-refractivity contribution in [1.29, 1.82) is 0 Å². The predicted molar refractivity (Wildman–Crippen MR) is 75.6 cm³/mol. The molecule has 0 saturated carbocycles. The summed E-state index contributed by atoms with van der Waals surface area (Å²) < 4.78 is 17.6. The summed E-state index contributed by atoms with van der Waals surface area (Å²) in [6.07, 6.45) is -0.116. The highest BCUT2D eigenvalue weighted by Gasteiger charge is 2.39. The average molecular weight is 285 g/mol. The van der Waals surface area contributed by atoms with Gasteiger partial charge in [-0.3, -0.25) is 0 Å². The Hall–Kier alpha value is -0.770. The predicted octanol–water partition coefficient (Wildman–Crippen LogP) is 3.89. The van der Waals surface area contributed by atoms with Crippen molar-refractivity contribution in [2.75, 3.05) is 6.61 Å². The van der Waals surface area contributed by atoms with E-state index in [-0.39, 0.29) is 12.2 Å². The van der Waals surface area contributed by atoms with E-state index < -0.39 is 5.79 Å². The number of hydrogen-bond acceptors (Lipinski definition) is 3. The molecule has 1 aromatic rings. The van der Waals surface area contributed by atoms with Crippen molar-refractivity contribution in [1.82, 2.24) is 0 Å². The molecule has 1 heterocycles. The van der Waals surface area contributed by atoms with Gasteiger partial charge in [0.2, 0.25) is 0 Å². The largest absolute Gasteiger partial charge is 0.487 e. The van der Waals surface area contributed by atoms with Crippen LogP contribution in [0.4, 0.5) is 0 Å². The Morgan fingerprint density at radius 2 is 2.11 bits per heavy atom. The standard InChI is InChI=1S/C15H21ClO3/c1-10(2)14(13-9-17-15(3,4)19-13)18-12-7-5-6-11(16)8-12/h5-8,10,13-14H,9H2,1-4H3/t13-,14-/m1/s1. The van der Waals surface area contributed by atoms with Gasteiger partial charge in [0.15, 0.2) is 5.79 Å². The molecule has 19 heavy (non-hydrogen) atoms. The molecule has 106 valence electrons. The Morgan fingerprint density at radius 1 is 1.37 bits per heavy atom. The molecule has 0 aliphatic carbocycles. The van der Waals surface area contributed by atoms with Gasteiger partial charge in [0, 0.05) is 5.02 Å². The van der Waals surface area contributed by atoms with E-state index in [4.69, 9.17) is 25.8 Å². The fourth-order valence-electron chi connectivity index (χ4n) is 2.22. The van der Waals surface area contributed by atoms with E-state index in [2.05, 4.69) is 13.8 Å². The van der Waals surface area contributed by atoms with E-state index in [1.807, 2.05) is 38.1 Å². The van der Waals surface area contributed by atoms with E-state index in [0.717, 1.165) is 5.75 Å². The van der Waals surface area contributed by atoms with Gasteiger partial charge in [-0.05, 0) is 38.0 Å². The van der Waals surface area contributed by atoms with Crippen molar-refractivity contribution in [3.63, 3.8) is 0 Å². The van der Waals surface area contributed by atoms with Crippen LogP contribution in [-0.4, -0.2) is 24.6 Å². The molecule has 0 unspecified atom stereocenters. The highest BCUT2D eigenvalue weighted by Crippen LogP contribution is 2.29. The van der Waals surface area contributed by atoms with Crippen LogP contribution in [0.3, 0.4) is 0 Å². The summed E-state index contributed by atoms with van der Waals surface area (Å²) in [5, 5.41) is 0.670. The maximum absolute atomic E-state index is 6.04. The summed E-state index contributed by atoms with van der Waals surface area (Å²) in [6.45, 7) is 8.62. The lowest BCUT2D eigenvalue weighted by Crippen LogP contribution is -2.39. The number of halogens is 1. The summed E-state index contributed by atoms with van der Waals surface area (Å²) in [5.74, 6) is 0.552. The summed E-state index contributed by atoms with van der Waals surface area (Å²) >= 11 is 5.98. The molecule has 0 bridgehead atoms. The molecule has 2 rings (SSSR count). The van der Waals surface area contributed by atoms with Gasteiger partial charge >= 0.3 is 0 Å². The molecule has 0 aromatic heterocycles. The van der Waals surface area contributed by atoms with Crippen molar-refractivity contribution in [3.8, 4) is 5.75 Å². The van der Waals surface area contributed by atoms with Gasteiger partial charge < -0.3 is 14.2 Å². The van der Waals surface area contributed by atoms with Crippen LogP contribution in [0, 0.1) is 5.92 Å². The van der Waals surface area contributed by atoms with Crippen LogP contribution in [0.2, 0.25) is 5.02 Å². The molecule has 1 aliphatic heterocycles. The molecule has 0 amide bonds. The van der Waals surface area contributed by atoms with Crippen LogP contribution < -0.4 is 4.74 Å². The zero-order valence-corrected chi connectivity index (χ0v) is 12.6. The summed E-state index contributed by atoms with van der Waals surface area (Å²) in [6, 6.07) is 7.43. The Morgan fingerprint density at radius 3 is 2.63 bits per heavy atom. The quantitative estimate of drug-likeness (QED) is 0.839. The van der Waals surface area contributed by atoms with E-state index in [1.165, 1.54) is 0 Å². The first-order chi connectivity index (χ1) is 8.87. The molecular weight excluding hydrogens is 264 g/mol.